The molecule has 0 fully saturated rings. The predicted octanol–water partition coefficient (Wildman–Crippen LogP) is 10.9. The van der Waals surface area contributed by atoms with Crippen LogP contribution >= 0.6 is 7.82 Å². The number of rotatable bonds is 38. The van der Waals surface area contributed by atoms with Gasteiger partial charge in [-0.05, 0) is 51.4 Å². The number of amides is 1. The Morgan fingerprint density at radius 1 is 0.673 bits per heavy atom. The lowest BCUT2D eigenvalue weighted by molar-refractivity contribution is -0.870. The zero-order valence-electron chi connectivity index (χ0n) is 34.5. The molecule has 0 rings (SSSR count). The molecule has 0 aromatic rings. The Morgan fingerprint density at radius 3 is 1.62 bits per heavy atom. The highest BCUT2D eigenvalue weighted by Crippen LogP contribution is 2.38. The van der Waals surface area contributed by atoms with Crippen molar-refractivity contribution >= 4 is 13.7 Å². The van der Waals surface area contributed by atoms with E-state index in [-0.39, 0.29) is 19.1 Å². The van der Waals surface area contributed by atoms with Gasteiger partial charge >= 0.3 is 0 Å². The van der Waals surface area contributed by atoms with Gasteiger partial charge in [-0.25, -0.2) is 0 Å². The number of aliphatic hydroxyl groups excluding tert-OH is 1. The van der Waals surface area contributed by atoms with Crippen LogP contribution in [0.3, 0.4) is 0 Å². The van der Waals surface area contributed by atoms with Crippen molar-refractivity contribution in [1.82, 2.24) is 5.32 Å². The van der Waals surface area contributed by atoms with Crippen LogP contribution in [-0.4, -0.2) is 68.5 Å². The molecule has 0 heterocycles. The van der Waals surface area contributed by atoms with E-state index >= 15 is 0 Å². The summed E-state index contributed by atoms with van der Waals surface area (Å²) in [4.78, 5) is 25.2. The van der Waals surface area contributed by atoms with Crippen molar-refractivity contribution in [2.45, 2.75) is 193 Å². The highest BCUT2D eigenvalue weighted by molar-refractivity contribution is 7.45. The molecule has 0 spiro atoms. The molecule has 1 amide bonds. The summed E-state index contributed by atoms with van der Waals surface area (Å²) in [5.74, 6) is -0.178. The monoisotopic (exact) mass is 755 g/mol. The van der Waals surface area contributed by atoms with E-state index in [0.717, 1.165) is 57.8 Å². The average molecular weight is 755 g/mol. The normalized spacial score (nSPS) is 14.8. The van der Waals surface area contributed by atoms with Crippen molar-refractivity contribution in [1.29, 1.82) is 0 Å². The molecule has 3 unspecified atom stereocenters. The fourth-order valence-electron chi connectivity index (χ4n) is 5.93. The molecule has 0 bridgehead atoms. The van der Waals surface area contributed by atoms with E-state index in [1.54, 1.807) is 0 Å². The van der Waals surface area contributed by atoms with Gasteiger partial charge in [0.15, 0.2) is 0 Å². The molecule has 0 saturated carbocycles. The van der Waals surface area contributed by atoms with E-state index in [4.69, 9.17) is 9.05 Å². The van der Waals surface area contributed by atoms with Crippen LogP contribution in [0.15, 0.2) is 36.5 Å². The van der Waals surface area contributed by atoms with Gasteiger partial charge in [-0.2, -0.15) is 0 Å². The lowest BCUT2D eigenvalue weighted by Crippen LogP contribution is -2.46. The zero-order chi connectivity index (χ0) is 38.6. The van der Waals surface area contributed by atoms with Gasteiger partial charge in [0.2, 0.25) is 5.91 Å². The van der Waals surface area contributed by atoms with Crippen molar-refractivity contribution in [3.05, 3.63) is 36.5 Å². The Hall–Kier alpha value is -1.28. The molecule has 9 heteroatoms. The first-order valence-corrected chi connectivity index (χ1v) is 22.8. The van der Waals surface area contributed by atoms with Crippen molar-refractivity contribution in [2.24, 2.45) is 0 Å². The molecule has 0 aliphatic rings. The number of hydrogen-bond donors (Lipinski definition) is 2. The van der Waals surface area contributed by atoms with Crippen LogP contribution in [-0.2, 0) is 18.4 Å². The summed E-state index contributed by atoms with van der Waals surface area (Å²) in [6.45, 7) is 4.64. The summed E-state index contributed by atoms with van der Waals surface area (Å²) in [5.41, 5.74) is 0. The molecule has 2 N–H and O–H groups in total. The van der Waals surface area contributed by atoms with Crippen LogP contribution in [0.5, 0.6) is 0 Å². The number of nitrogens with zero attached hydrogens (tertiary/aromatic N) is 1. The second-order valence-corrected chi connectivity index (χ2v) is 17.1. The molecule has 0 aliphatic heterocycles. The minimum atomic E-state index is -4.55. The maximum absolute atomic E-state index is 12.8. The van der Waals surface area contributed by atoms with Crippen LogP contribution in [0.25, 0.3) is 0 Å². The Bertz CT molecular complexity index is 948. The number of aliphatic hydroxyl groups is 1. The maximum Gasteiger partial charge on any atom is 0.268 e. The number of allylic oxidation sites excluding steroid dienone is 6. The van der Waals surface area contributed by atoms with Gasteiger partial charge in [-0.1, -0.05) is 159 Å². The summed E-state index contributed by atoms with van der Waals surface area (Å²) in [6, 6.07) is -0.801. The fourth-order valence-corrected chi connectivity index (χ4v) is 6.65. The molecule has 52 heavy (non-hydrogen) atoms. The number of unbranched alkanes of at least 4 members (excludes halogenated alkanes) is 19. The summed E-state index contributed by atoms with van der Waals surface area (Å²) < 4.78 is 23.1. The van der Waals surface area contributed by atoms with Crippen LogP contribution in [0.1, 0.15) is 181 Å². The van der Waals surface area contributed by atoms with Gasteiger partial charge in [-0.3, -0.25) is 9.36 Å². The number of hydrogen-bond acceptors (Lipinski definition) is 6. The quantitative estimate of drug-likeness (QED) is 0.0281. The first-order valence-electron chi connectivity index (χ1n) is 21.3. The second kappa shape index (κ2) is 35.4. The summed E-state index contributed by atoms with van der Waals surface area (Å²) in [7, 11) is 1.29. The van der Waals surface area contributed by atoms with E-state index in [1.807, 2.05) is 21.1 Å². The SMILES string of the molecule is CCCCCCC/C=C\C/C=C\C/C=C\CCCCCCCCCCC(=O)NC(COP(=O)([O-])OCC[N+](C)(C)C)C(O)CCCCCCCCC. The molecular formula is C43H83N2O6P. The average Bonchev–Trinajstić information content (AvgIpc) is 3.09. The first kappa shape index (κ1) is 50.7. The Morgan fingerprint density at radius 2 is 1.12 bits per heavy atom. The predicted molar refractivity (Wildman–Crippen MR) is 219 cm³/mol. The molecule has 0 aromatic heterocycles. The number of carbonyl (C=O) groups excluding carboxylic acids is 1. The van der Waals surface area contributed by atoms with Gasteiger partial charge < -0.3 is 28.8 Å². The minimum Gasteiger partial charge on any atom is -0.756 e. The molecular weight excluding hydrogens is 671 g/mol. The third-order valence-electron chi connectivity index (χ3n) is 9.38. The lowest BCUT2D eigenvalue weighted by atomic mass is 10.0. The topological polar surface area (TPSA) is 108 Å². The Labute approximate surface area is 321 Å². The summed E-state index contributed by atoms with van der Waals surface area (Å²) in [5, 5.41) is 13.8. The van der Waals surface area contributed by atoms with Gasteiger partial charge in [0, 0.05) is 6.42 Å². The Balaban J connectivity index is 4.19. The molecule has 306 valence electrons. The number of phosphoric ester groups is 1. The largest absolute Gasteiger partial charge is 0.756 e. The fraction of sp³-hybridized carbons (Fsp3) is 0.837. The van der Waals surface area contributed by atoms with Crippen molar-refractivity contribution in [3.8, 4) is 0 Å². The van der Waals surface area contributed by atoms with Crippen molar-refractivity contribution in [3.63, 3.8) is 0 Å². The molecule has 0 aliphatic carbocycles. The maximum atomic E-state index is 12.8. The number of carbonyl (C=O) groups is 1. The van der Waals surface area contributed by atoms with E-state index in [1.165, 1.54) is 96.3 Å². The standard InChI is InChI=1S/C43H83N2O6P/c1-6-8-10-12-14-15-16-17-18-19-20-21-22-23-24-25-26-27-28-29-31-33-35-37-43(47)44-41(42(46)36-34-32-30-13-11-9-7-2)40-51-52(48,49)50-39-38-45(3,4)5/h16-17,19-20,22-23,41-42,46H,6-15,18,21,24-40H2,1-5H3,(H-,44,47,48,49)/b17-16-,20-19-,23-22-. The van der Waals surface area contributed by atoms with Crippen LogP contribution in [0.4, 0.5) is 0 Å². The first-order chi connectivity index (χ1) is 25.0. The van der Waals surface area contributed by atoms with E-state index in [0.29, 0.717) is 23.9 Å². The second-order valence-electron chi connectivity index (χ2n) is 15.7. The van der Waals surface area contributed by atoms with Gasteiger partial charge in [-0.15, -0.1) is 0 Å². The number of quaternary nitrogens is 1. The molecule has 3 atom stereocenters. The third kappa shape index (κ3) is 37.1. The van der Waals surface area contributed by atoms with Gasteiger partial charge in [0.05, 0.1) is 39.9 Å². The third-order valence-corrected chi connectivity index (χ3v) is 10.3. The molecule has 0 aromatic carbocycles. The highest BCUT2D eigenvalue weighted by atomic mass is 31.2. The number of likely N-dealkylation sites (N-methyl/N-ethyl adjacent to an activating group) is 1. The molecule has 0 saturated heterocycles. The van der Waals surface area contributed by atoms with E-state index in [2.05, 4.69) is 55.6 Å². The van der Waals surface area contributed by atoms with Gasteiger partial charge in [0.25, 0.3) is 7.82 Å². The molecule has 8 nitrogen and oxygen atoms in total. The summed E-state index contributed by atoms with van der Waals surface area (Å²) >= 11 is 0. The number of phosphoric acid groups is 1. The van der Waals surface area contributed by atoms with Crippen LogP contribution in [0, 0.1) is 0 Å². The Kier molecular flexibility index (Phi) is 34.6. The minimum absolute atomic E-state index is 0.00915. The molecule has 0 radical (unpaired) electrons. The van der Waals surface area contributed by atoms with Crippen molar-refractivity contribution in [2.75, 3.05) is 40.9 Å². The highest BCUT2D eigenvalue weighted by Gasteiger charge is 2.24. The van der Waals surface area contributed by atoms with E-state index < -0.39 is 20.0 Å². The lowest BCUT2D eigenvalue weighted by Gasteiger charge is -2.30. The van der Waals surface area contributed by atoms with E-state index in [9.17, 15) is 19.4 Å². The smallest absolute Gasteiger partial charge is 0.268 e. The van der Waals surface area contributed by atoms with Crippen LogP contribution in [0.2, 0.25) is 0 Å². The number of nitrogens with one attached hydrogen (secondary N) is 1. The summed E-state index contributed by atoms with van der Waals surface area (Å²) in [6.07, 6.45) is 41.7. The van der Waals surface area contributed by atoms with Gasteiger partial charge in [0.1, 0.15) is 13.2 Å². The van der Waals surface area contributed by atoms with Crippen molar-refractivity contribution < 1.29 is 32.9 Å². The van der Waals surface area contributed by atoms with Crippen LogP contribution < -0.4 is 10.2 Å². The zero-order valence-corrected chi connectivity index (χ0v) is 35.4.